The molecule has 138 valence electrons. The number of ketones is 1. The van der Waals surface area contributed by atoms with Crippen LogP contribution in [0.25, 0.3) is 0 Å². The zero-order valence-electron chi connectivity index (χ0n) is 15.4. The summed E-state index contributed by atoms with van der Waals surface area (Å²) >= 11 is 0. The Morgan fingerprint density at radius 2 is 1.52 bits per heavy atom. The molecular weight excluding hydrogens is 312 g/mol. The molecule has 0 unspecified atom stereocenters. The number of rotatable bonds is 15. The lowest BCUT2D eigenvalue weighted by Crippen LogP contribution is -1.93. The SMILES string of the molecule is CC/C=C\C/C=C\C=CC(=O)C/C=C\C/C=C\CCCCCC(=O)O. The molecular formula is C22H32O3. The molecule has 25 heavy (non-hydrogen) atoms. The summed E-state index contributed by atoms with van der Waals surface area (Å²) in [6.07, 6.45) is 26.9. The standard InChI is InChI=1S/C22H32O3/c1-2-3-4-5-9-12-15-18-21(23)19-16-13-10-7-6-8-11-14-17-20-22(24)25/h3-4,6-7,9,12-13,15-16,18H,2,5,8,10-11,14,17,19-20H2,1H3,(H,24,25)/b4-3-,7-6-,12-9-,16-13-,18-15?. The summed E-state index contributed by atoms with van der Waals surface area (Å²) in [5.41, 5.74) is 0. The van der Waals surface area contributed by atoms with E-state index in [-0.39, 0.29) is 12.2 Å². The van der Waals surface area contributed by atoms with Crippen molar-refractivity contribution in [2.45, 2.75) is 64.7 Å². The van der Waals surface area contributed by atoms with Crippen LogP contribution in [0.5, 0.6) is 0 Å². The van der Waals surface area contributed by atoms with Crippen LogP contribution < -0.4 is 0 Å². The highest BCUT2D eigenvalue weighted by molar-refractivity contribution is 5.90. The van der Waals surface area contributed by atoms with Crippen molar-refractivity contribution in [2.75, 3.05) is 0 Å². The molecule has 0 radical (unpaired) electrons. The van der Waals surface area contributed by atoms with Gasteiger partial charge < -0.3 is 5.11 Å². The van der Waals surface area contributed by atoms with Crippen LogP contribution >= 0.6 is 0 Å². The molecule has 0 saturated heterocycles. The summed E-state index contributed by atoms with van der Waals surface area (Å²) in [5, 5.41) is 8.52. The molecule has 0 heterocycles. The molecule has 0 spiro atoms. The highest BCUT2D eigenvalue weighted by Crippen LogP contribution is 2.04. The molecule has 1 N–H and O–H groups in total. The van der Waals surface area contributed by atoms with E-state index in [4.69, 9.17) is 5.11 Å². The number of aliphatic carboxylic acids is 1. The van der Waals surface area contributed by atoms with Crippen LogP contribution in [0.4, 0.5) is 0 Å². The van der Waals surface area contributed by atoms with Crippen LogP contribution in [0.15, 0.2) is 60.8 Å². The van der Waals surface area contributed by atoms with Gasteiger partial charge in [0.2, 0.25) is 0 Å². The molecule has 3 heteroatoms. The van der Waals surface area contributed by atoms with Gasteiger partial charge in [0.15, 0.2) is 5.78 Å². The van der Waals surface area contributed by atoms with Crippen LogP contribution in [0.3, 0.4) is 0 Å². The minimum absolute atomic E-state index is 0.104. The Kier molecular flexibility index (Phi) is 16.6. The Labute approximate surface area is 152 Å². The lowest BCUT2D eigenvalue weighted by molar-refractivity contribution is -0.137. The minimum atomic E-state index is -0.717. The van der Waals surface area contributed by atoms with E-state index < -0.39 is 5.97 Å². The highest BCUT2D eigenvalue weighted by atomic mass is 16.4. The highest BCUT2D eigenvalue weighted by Gasteiger charge is 1.94. The number of carboxylic acids is 1. The van der Waals surface area contributed by atoms with E-state index in [1.54, 1.807) is 12.2 Å². The summed E-state index contributed by atoms with van der Waals surface area (Å²) < 4.78 is 0. The van der Waals surface area contributed by atoms with Crippen LogP contribution in [-0.4, -0.2) is 16.9 Å². The van der Waals surface area contributed by atoms with Crippen molar-refractivity contribution in [3.63, 3.8) is 0 Å². The largest absolute Gasteiger partial charge is 0.481 e. The second-order valence-corrected chi connectivity index (χ2v) is 5.74. The Morgan fingerprint density at radius 3 is 2.28 bits per heavy atom. The summed E-state index contributed by atoms with van der Waals surface area (Å²) in [6, 6.07) is 0. The van der Waals surface area contributed by atoms with Crippen LogP contribution in [-0.2, 0) is 9.59 Å². The van der Waals surface area contributed by atoms with Crippen LogP contribution in [0.2, 0.25) is 0 Å². The van der Waals surface area contributed by atoms with Gasteiger partial charge in [0.05, 0.1) is 0 Å². The van der Waals surface area contributed by atoms with Crippen LogP contribution in [0, 0.1) is 0 Å². The fraction of sp³-hybridized carbons (Fsp3) is 0.455. The monoisotopic (exact) mass is 344 g/mol. The zero-order chi connectivity index (χ0) is 18.6. The number of carbonyl (C=O) groups is 2. The maximum atomic E-state index is 11.6. The zero-order valence-corrected chi connectivity index (χ0v) is 15.4. The smallest absolute Gasteiger partial charge is 0.303 e. The van der Waals surface area contributed by atoms with Gasteiger partial charge in [-0.05, 0) is 44.6 Å². The number of carbonyl (C=O) groups excluding carboxylic acids is 1. The maximum Gasteiger partial charge on any atom is 0.303 e. The molecule has 0 atom stereocenters. The van der Waals surface area contributed by atoms with Crippen molar-refractivity contribution >= 4 is 11.8 Å². The Balaban J connectivity index is 3.63. The minimum Gasteiger partial charge on any atom is -0.481 e. The molecule has 0 amide bonds. The van der Waals surface area contributed by atoms with Gasteiger partial charge in [-0.3, -0.25) is 9.59 Å². The number of allylic oxidation sites excluding steroid dienone is 10. The summed E-state index contributed by atoms with van der Waals surface area (Å²) in [7, 11) is 0. The first kappa shape index (κ1) is 22.8. The van der Waals surface area contributed by atoms with Crippen LogP contribution in [0.1, 0.15) is 64.7 Å². The number of carboxylic acid groups (broad SMARTS) is 1. The van der Waals surface area contributed by atoms with Gasteiger partial charge in [0.1, 0.15) is 0 Å². The molecule has 0 aromatic rings. The molecule has 0 aliphatic rings. The van der Waals surface area contributed by atoms with Crippen molar-refractivity contribution in [2.24, 2.45) is 0 Å². The first-order valence-electron chi connectivity index (χ1n) is 9.19. The quantitative estimate of drug-likeness (QED) is 0.173. The summed E-state index contributed by atoms with van der Waals surface area (Å²) in [5.74, 6) is -0.613. The van der Waals surface area contributed by atoms with Gasteiger partial charge in [-0.2, -0.15) is 0 Å². The second-order valence-electron chi connectivity index (χ2n) is 5.74. The van der Waals surface area contributed by atoms with Crippen molar-refractivity contribution in [3.05, 3.63) is 60.8 Å². The van der Waals surface area contributed by atoms with E-state index in [9.17, 15) is 9.59 Å². The summed E-state index contributed by atoms with van der Waals surface area (Å²) in [6.45, 7) is 2.10. The molecule has 0 aromatic carbocycles. The van der Waals surface area contributed by atoms with Gasteiger partial charge in [-0.15, -0.1) is 0 Å². The van der Waals surface area contributed by atoms with Gasteiger partial charge in [-0.25, -0.2) is 0 Å². The molecule has 0 aliphatic carbocycles. The topological polar surface area (TPSA) is 54.4 Å². The molecule has 0 rings (SSSR count). The molecule has 0 fully saturated rings. The molecule has 0 bridgehead atoms. The maximum absolute atomic E-state index is 11.6. The fourth-order valence-electron chi connectivity index (χ4n) is 2.03. The lowest BCUT2D eigenvalue weighted by atomic mass is 10.1. The Bertz CT molecular complexity index is 493. The predicted molar refractivity (Wildman–Crippen MR) is 106 cm³/mol. The third-order valence-electron chi connectivity index (χ3n) is 3.39. The number of hydrogen-bond acceptors (Lipinski definition) is 2. The third kappa shape index (κ3) is 19.8. The van der Waals surface area contributed by atoms with Gasteiger partial charge in [0, 0.05) is 12.8 Å². The van der Waals surface area contributed by atoms with Gasteiger partial charge in [-0.1, -0.05) is 68.0 Å². The number of hydrogen-bond donors (Lipinski definition) is 1. The Hall–Kier alpha value is -2.16. The second kappa shape index (κ2) is 18.2. The molecule has 3 nitrogen and oxygen atoms in total. The Morgan fingerprint density at radius 1 is 0.800 bits per heavy atom. The third-order valence-corrected chi connectivity index (χ3v) is 3.39. The van der Waals surface area contributed by atoms with E-state index in [1.807, 2.05) is 24.3 Å². The van der Waals surface area contributed by atoms with E-state index in [0.29, 0.717) is 6.42 Å². The molecule has 0 aliphatic heterocycles. The predicted octanol–water partition coefficient (Wildman–Crippen LogP) is 5.95. The average Bonchev–Trinajstić information content (AvgIpc) is 2.58. The lowest BCUT2D eigenvalue weighted by Gasteiger charge is -1.94. The van der Waals surface area contributed by atoms with Crippen molar-refractivity contribution < 1.29 is 14.7 Å². The van der Waals surface area contributed by atoms with E-state index >= 15 is 0 Å². The fourth-order valence-corrected chi connectivity index (χ4v) is 2.03. The van der Waals surface area contributed by atoms with E-state index in [1.165, 1.54) is 0 Å². The summed E-state index contributed by atoms with van der Waals surface area (Å²) in [4.78, 5) is 22.0. The number of unbranched alkanes of at least 4 members (excludes halogenated alkanes) is 3. The van der Waals surface area contributed by atoms with Crippen molar-refractivity contribution in [1.29, 1.82) is 0 Å². The average molecular weight is 344 g/mol. The molecule has 0 saturated carbocycles. The van der Waals surface area contributed by atoms with E-state index in [2.05, 4.69) is 31.2 Å². The molecule has 0 aromatic heterocycles. The van der Waals surface area contributed by atoms with Crippen molar-refractivity contribution in [1.82, 2.24) is 0 Å². The normalized spacial score (nSPS) is 12.5. The first-order chi connectivity index (χ1) is 12.2. The van der Waals surface area contributed by atoms with Gasteiger partial charge >= 0.3 is 5.97 Å². The first-order valence-corrected chi connectivity index (χ1v) is 9.19. The van der Waals surface area contributed by atoms with Gasteiger partial charge in [0.25, 0.3) is 0 Å². The van der Waals surface area contributed by atoms with Crippen molar-refractivity contribution in [3.8, 4) is 0 Å². The van der Waals surface area contributed by atoms with E-state index in [0.717, 1.165) is 44.9 Å².